The molecule has 0 fully saturated rings. The molecule has 0 heterocycles. The van der Waals surface area contributed by atoms with Crippen LogP contribution in [0.1, 0.15) is 13.3 Å². The lowest BCUT2D eigenvalue weighted by Crippen LogP contribution is -2.56. The maximum absolute atomic E-state index is 11.5. The van der Waals surface area contributed by atoms with Crippen molar-refractivity contribution < 1.29 is 52.8 Å². The van der Waals surface area contributed by atoms with Gasteiger partial charge in [0.15, 0.2) is 5.73 Å². The van der Waals surface area contributed by atoms with Crippen LogP contribution in [0.25, 0.3) is 0 Å². The molecule has 1 unspecified atom stereocenters. The molecule has 0 spiro atoms. The van der Waals surface area contributed by atoms with Gasteiger partial charge in [-0.2, -0.15) is 0 Å². The maximum Gasteiger partial charge on any atom is 0.377 e. The van der Waals surface area contributed by atoms with E-state index in [1.54, 1.807) is 0 Å². The summed E-state index contributed by atoms with van der Waals surface area (Å²) < 4.78 is 25.5. The second kappa shape index (κ2) is 10.4. The summed E-state index contributed by atoms with van der Waals surface area (Å²) in [7, 11) is -0.576. The van der Waals surface area contributed by atoms with Gasteiger partial charge in [0.25, 0.3) is 5.79 Å². The third-order valence-electron chi connectivity index (χ3n) is 3.27. The van der Waals surface area contributed by atoms with Crippen molar-refractivity contribution in [1.29, 1.82) is 0 Å². The zero-order valence-electron chi connectivity index (χ0n) is 14.5. The van der Waals surface area contributed by atoms with Gasteiger partial charge in [0.2, 0.25) is 0 Å². The fourth-order valence-electron chi connectivity index (χ4n) is 1.86. The van der Waals surface area contributed by atoms with Gasteiger partial charge in [0, 0.05) is 21.1 Å². The van der Waals surface area contributed by atoms with E-state index in [1.165, 1.54) is 27.7 Å². The van der Waals surface area contributed by atoms with Crippen molar-refractivity contribution in [3.8, 4) is 0 Å². The Morgan fingerprint density at radius 2 is 1.32 bits per heavy atom. The summed E-state index contributed by atoms with van der Waals surface area (Å²) in [5.41, 5.74) is -1.16. The Hall–Kier alpha value is -1.57. The van der Waals surface area contributed by atoms with Crippen LogP contribution in [0, 0.1) is 0 Å². The van der Waals surface area contributed by atoms with E-state index in [-0.39, 0.29) is 0 Å². The molecule has 0 aliphatic heterocycles. The van der Waals surface area contributed by atoms with Crippen molar-refractivity contribution in [2.45, 2.75) is 31.4 Å². The van der Waals surface area contributed by atoms with Crippen LogP contribution in [-0.4, -0.2) is 87.3 Å². The maximum atomic E-state index is 11.5. The highest BCUT2D eigenvalue weighted by molar-refractivity contribution is 6.67. The Morgan fingerprint density at radius 3 is 1.64 bits per heavy atom. The highest BCUT2D eigenvalue weighted by Crippen LogP contribution is 2.28. The van der Waals surface area contributed by atoms with Crippen molar-refractivity contribution in [2.24, 2.45) is 0 Å². The minimum absolute atomic E-state index is 0.416. The van der Waals surface area contributed by atoms with Crippen LogP contribution >= 0.6 is 0 Å². The molecule has 0 aliphatic carbocycles. The van der Waals surface area contributed by atoms with E-state index in [0.29, 0.717) is 0 Å². The molecule has 0 radical (unpaired) electrons. The summed E-state index contributed by atoms with van der Waals surface area (Å²) in [6.07, 6.45) is -0.416. The average molecular weight is 384 g/mol. The van der Waals surface area contributed by atoms with Gasteiger partial charge in [0.1, 0.15) is 19.8 Å². The number of ether oxygens (including phenoxy) is 3. The predicted molar refractivity (Wildman–Crippen MR) is 82.0 cm³/mol. The molecule has 0 saturated heterocycles. The van der Waals surface area contributed by atoms with E-state index >= 15 is 0 Å². The second-order valence-corrected chi connectivity index (χ2v) is 8.66. The Morgan fingerprint density at radius 1 is 0.920 bits per heavy atom. The van der Waals surface area contributed by atoms with Gasteiger partial charge in [-0.05, 0) is 6.55 Å². The zero-order valence-corrected chi connectivity index (χ0v) is 15.5. The minimum Gasteiger partial charge on any atom is -0.458 e. The van der Waals surface area contributed by atoms with Crippen LogP contribution in [-0.2, 0) is 37.4 Å². The molecular weight excluding hydrogens is 360 g/mol. The Balaban J connectivity index is 5.65. The summed E-state index contributed by atoms with van der Waals surface area (Å²) in [5, 5.41) is 26.6. The largest absolute Gasteiger partial charge is 0.458 e. The van der Waals surface area contributed by atoms with Crippen LogP contribution in [0.2, 0.25) is 6.55 Å². The molecule has 3 N–H and O–H groups in total. The molecule has 0 bridgehead atoms. The molecule has 0 saturated carbocycles. The molecule has 0 rings (SSSR count). The van der Waals surface area contributed by atoms with Crippen molar-refractivity contribution in [3.63, 3.8) is 0 Å². The SMILES string of the molecule is CO[Si](C)(OC)C(CC(C)(OC(=O)CO)OC(=O)CO)OC(=O)CO. The first-order valence-corrected chi connectivity index (χ1v) is 9.55. The van der Waals surface area contributed by atoms with E-state index in [1.807, 2.05) is 0 Å². The molecule has 0 aliphatic rings. The number of hydrogen-bond donors (Lipinski definition) is 3. The molecule has 25 heavy (non-hydrogen) atoms. The topological polar surface area (TPSA) is 158 Å². The molecule has 0 aromatic carbocycles. The summed E-state index contributed by atoms with van der Waals surface area (Å²) in [6.45, 7) is -0.191. The van der Waals surface area contributed by atoms with E-state index in [0.717, 1.165) is 0 Å². The van der Waals surface area contributed by atoms with Crippen LogP contribution in [0.3, 0.4) is 0 Å². The second-order valence-electron chi connectivity index (χ2n) is 5.16. The van der Waals surface area contributed by atoms with Crippen molar-refractivity contribution in [1.82, 2.24) is 0 Å². The zero-order chi connectivity index (χ0) is 19.7. The smallest absolute Gasteiger partial charge is 0.377 e. The van der Waals surface area contributed by atoms with Crippen molar-refractivity contribution in [3.05, 3.63) is 0 Å². The third-order valence-corrected chi connectivity index (χ3v) is 6.39. The number of aliphatic hydroxyl groups excluding tert-OH is 3. The first kappa shape index (κ1) is 23.4. The summed E-state index contributed by atoms with van der Waals surface area (Å²) in [6, 6.07) is 0. The van der Waals surface area contributed by atoms with E-state index in [2.05, 4.69) is 0 Å². The Bertz CT molecular complexity index is 445. The number of esters is 3. The van der Waals surface area contributed by atoms with Crippen LogP contribution < -0.4 is 0 Å². The Kier molecular flexibility index (Phi) is 9.77. The van der Waals surface area contributed by atoms with Crippen LogP contribution in [0.5, 0.6) is 0 Å². The van der Waals surface area contributed by atoms with Crippen LogP contribution in [0.15, 0.2) is 0 Å². The predicted octanol–water partition coefficient (Wildman–Crippen LogP) is -2.03. The summed E-state index contributed by atoms with van der Waals surface area (Å²) >= 11 is 0. The molecular formula is C13H24O11Si. The van der Waals surface area contributed by atoms with E-state index in [4.69, 9.17) is 38.4 Å². The highest BCUT2D eigenvalue weighted by Gasteiger charge is 2.49. The Labute approximate surface area is 145 Å². The van der Waals surface area contributed by atoms with Gasteiger partial charge in [0.05, 0.1) is 6.42 Å². The third kappa shape index (κ3) is 7.46. The average Bonchev–Trinajstić information content (AvgIpc) is 2.59. The minimum atomic E-state index is -3.20. The number of rotatable bonds is 11. The number of aliphatic hydroxyl groups is 3. The quantitative estimate of drug-likeness (QED) is 0.205. The molecule has 11 nitrogen and oxygen atoms in total. The first-order valence-electron chi connectivity index (χ1n) is 7.15. The molecule has 0 amide bonds. The normalized spacial score (nSPS) is 13.1. The van der Waals surface area contributed by atoms with Gasteiger partial charge in [-0.1, -0.05) is 0 Å². The van der Waals surface area contributed by atoms with E-state index in [9.17, 15) is 14.4 Å². The molecule has 0 aromatic rings. The number of hydrogen-bond acceptors (Lipinski definition) is 11. The fraction of sp³-hybridized carbons (Fsp3) is 0.769. The fourth-order valence-corrected chi connectivity index (χ4v) is 3.64. The molecule has 146 valence electrons. The van der Waals surface area contributed by atoms with Crippen molar-refractivity contribution >= 4 is 26.5 Å². The lowest BCUT2D eigenvalue weighted by atomic mass is 10.2. The standard InChI is InChI=1S/C13H24O11Si/c1-13(23-10(18)7-15,24-11(19)8-16)5-12(22-9(17)6-14)25(4,20-2)21-3/h12,14-16H,5-8H2,1-4H3. The number of carbonyl (C=O) groups excluding carboxylic acids is 3. The van der Waals surface area contributed by atoms with E-state index < -0.39 is 64.2 Å². The highest BCUT2D eigenvalue weighted by atomic mass is 28.4. The number of carbonyl (C=O) groups is 3. The van der Waals surface area contributed by atoms with Gasteiger partial charge in [-0.25, -0.2) is 14.4 Å². The van der Waals surface area contributed by atoms with Crippen molar-refractivity contribution in [2.75, 3.05) is 34.0 Å². The first-order chi connectivity index (χ1) is 11.6. The lowest BCUT2D eigenvalue weighted by molar-refractivity contribution is -0.233. The summed E-state index contributed by atoms with van der Waals surface area (Å²) in [4.78, 5) is 34.3. The monoisotopic (exact) mass is 384 g/mol. The van der Waals surface area contributed by atoms with Crippen LogP contribution in [0.4, 0.5) is 0 Å². The summed E-state index contributed by atoms with van der Waals surface area (Å²) in [5.74, 6) is -5.22. The van der Waals surface area contributed by atoms with Gasteiger partial charge in [-0.3, -0.25) is 0 Å². The lowest BCUT2D eigenvalue weighted by Gasteiger charge is -2.37. The molecule has 1 atom stereocenters. The molecule has 12 heteroatoms. The molecule has 0 aromatic heterocycles. The van der Waals surface area contributed by atoms with Gasteiger partial charge >= 0.3 is 26.5 Å². The van der Waals surface area contributed by atoms with Gasteiger partial charge in [-0.15, -0.1) is 0 Å². The van der Waals surface area contributed by atoms with Gasteiger partial charge < -0.3 is 38.4 Å².